The van der Waals surface area contributed by atoms with E-state index in [1.54, 1.807) is 11.8 Å². The maximum Gasteiger partial charge on any atom is 0.240 e. The molecule has 2 unspecified atom stereocenters. The highest BCUT2D eigenvalue weighted by Crippen LogP contribution is 2.17. The Hall–Kier alpha value is -0.620. The summed E-state index contributed by atoms with van der Waals surface area (Å²) in [7, 11) is -3.43. The Morgan fingerprint density at radius 2 is 1.68 bits per heavy atom. The molecule has 0 radical (unpaired) electrons. The van der Waals surface area contributed by atoms with Crippen molar-refractivity contribution in [2.45, 2.75) is 56.5 Å². The summed E-state index contributed by atoms with van der Waals surface area (Å²) >= 11 is 0. The molecule has 0 aromatic heterocycles. The summed E-state index contributed by atoms with van der Waals surface area (Å²) in [5, 5.41) is -1.50. The number of rotatable bonds is 5. The predicted molar refractivity (Wildman–Crippen MR) is 76.6 cm³/mol. The smallest absolute Gasteiger partial charge is 0.240 e. The van der Waals surface area contributed by atoms with Gasteiger partial charge < -0.3 is 10.6 Å². The quantitative estimate of drug-likeness (QED) is 0.817. The number of nitrogens with two attached hydrogens (primary N) is 1. The number of likely N-dealkylation sites (tertiary alicyclic amines) is 1. The molecule has 2 N–H and O–H groups in total. The summed E-state index contributed by atoms with van der Waals surface area (Å²) in [5.41, 5.74) is 5.41. The van der Waals surface area contributed by atoms with E-state index in [1.165, 1.54) is 6.92 Å². The Morgan fingerprint density at radius 1 is 1.16 bits per heavy atom. The number of amides is 1. The number of hydrogen-bond acceptors (Lipinski definition) is 4. The van der Waals surface area contributed by atoms with Crippen LogP contribution in [0.1, 0.15) is 46.0 Å². The van der Waals surface area contributed by atoms with E-state index in [-0.39, 0.29) is 5.91 Å². The van der Waals surface area contributed by atoms with Crippen LogP contribution in [0.3, 0.4) is 0 Å². The van der Waals surface area contributed by atoms with Gasteiger partial charge in [-0.05, 0) is 39.7 Å². The lowest BCUT2D eigenvalue weighted by atomic mass is 10.2. The van der Waals surface area contributed by atoms with Crippen molar-refractivity contribution in [2.75, 3.05) is 19.6 Å². The van der Waals surface area contributed by atoms with E-state index < -0.39 is 20.3 Å². The van der Waals surface area contributed by atoms with E-state index in [0.29, 0.717) is 26.1 Å². The third-order valence-electron chi connectivity index (χ3n) is 3.89. The average Bonchev–Trinajstić information content (AvgIpc) is 2.66. The molecule has 0 aromatic rings. The van der Waals surface area contributed by atoms with Crippen LogP contribution in [-0.2, 0) is 14.6 Å². The topological polar surface area (TPSA) is 80.5 Å². The monoisotopic (exact) mass is 290 g/mol. The fraction of sp³-hybridized carbons (Fsp3) is 0.923. The van der Waals surface area contributed by atoms with Crippen molar-refractivity contribution in [3.63, 3.8) is 0 Å². The van der Waals surface area contributed by atoms with Crippen molar-refractivity contribution in [1.29, 1.82) is 0 Å². The number of nitrogens with zero attached hydrogens (tertiary/aromatic N) is 1. The summed E-state index contributed by atoms with van der Waals surface area (Å²) < 4.78 is 24.6. The molecule has 6 heteroatoms. The molecule has 1 saturated heterocycles. The molecule has 5 nitrogen and oxygen atoms in total. The van der Waals surface area contributed by atoms with Crippen LogP contribution in [0.4, 0.5) is 0 Å². The molecule has 0 spiro atoms. The first kappa shape index (κ1) is 16.4. The summed E-state index contributed by atoms with van der Waals surface area (Å²) in [6, 6.07) is 0. The van der Waals surface area contributed by atoms with E-state index in [2.05, 4.69) is 0 Å². The third kappa shape index (κ3) is 4.18. The summed E-state index contributed by atoms with van der Waals surface area (Å²) in [4.78, 5) is 14.0. The van der Waals surface area contributed by atoms with Crippen LogP contribution in [0.25, 0.3) is 0 Å². The SMILES string of the molecule is CC(CCN)S(=O)(=O)C(C)C(=O)N1CCCCCC1. The number of carbonyl (C=O) groups excluding carboxylic acids is 1. The largest absolute Gasteiger partial charge is 0.342 e. The van der Waals surface area contributed by atoms with Gasteiger partial charge in [0.15, 0.2) is 9.84 Å². The Bertz CT molecular complexity index is 387. The van der Waals surface area contributed by atoms with E-state index >= 15 is 0 Å². The average molecular weight is 290 g/mol. The zero-order chi connectivity index (χ0) is 14.5. The van der Waals surface area contributed by atoms with Gasteiger partial charge in [0.05, 0.1) is 5.25 Å². The molecule has 0 saturated carbocycles. The zero-order valence-electron chi connectivity index (χ0n) is 12.0. The molecule has 0 bridgehead atoms. The Balaban J connectivity index is 2.74. The second-order valence-corrected chi connectivity index (χ2v) is 8.05. The molecule has 1 fully saturated rings. The minimum absolute atomic E-state index is 0.245. The van der Waals surface area contributed by atoms with E-state index in [9.17, 15) is 13.2 Å². The van der Waals surface area contributed by atoms with Crippen molar-refractivity contribution in [2.24, 2.45) is 5.73 Å². The second kappa shape index (κ2) is 7.24. The fourth-order valence-electron chi connectivity index (χ4n) is 2.44. The van der Waals surface area contributed by atoms with Gasteiger partial charge in [-0.2, -0.15) is 0 Å². The van der Waals surface area contributed by atoms with Gasteiger partial charge in [0.1, 0.15) is 5.25 Å². The zero-order valence-corrected chi connectivity index (χ0v) is 12.8. The van der Waals surface area contributed by atoms with Gasteiger partial charge in [0, 0.05) is 13.1 Å². The molecular weight excluding hydrogens is 264 g/mol. The molecule has 1 rings (SSSR count). The van der Waals surface area contributed by atoms with Crippen molar-refractivity contribution in [3.05, 3.63) is 0 Å². The Kier molecular flexibility index (Phi) is 6.26. The molecule has 2 atom stereocenters. The standard InChI is InChI=1S/C13H26N2O3S/c1-11(7-8-14)19(17,18)12(2)13(16)15-9-5-3-4-6-10-15/h11-12H,3-10,14H2,1-2H3. The molecule has 19 heavy (non-hydrogen) atoms. The van der Waals surface area contributed by atoms with Gasteiger partial charge in [0.25, 0.3) is 0 Å². The van der Waals surface area contributed by atoms with Crippen molar-refractivity contribution in [1.82, 2.24) is 4.90 Å². The number of sulfone groups is 1. The van der Waals surface area contributed by atoms with E-state index in [1.807, 2.05) is 0 Å². The lowest BCUT2D eigenvalue weighted by Crippen LogP contribution is -2.44. The van der Waals surface area contributed by atoms with E-state index in [4.69, 9.17) is 5.73 Å². The molecular formula is C13H26N2O3S. The van der Waals surface area contributed by atoms with Crippen molar-refractivity contribution in [3.8, 4) is 0 Å². The molecule has 0 aliphatic carbocycles. The van der Waals surface area contributed by atoms with Crippen molar-refractivity contribution >= 4 is 15.7 Å². The highest BCUT2D eigenvalue weighted by atomic mass is 32.2. The third-order valence-corrected chi connectivity index (χ3v) is 6.44. The first-order valence-electron chi connectivity index (χ1n) is 7.12. The minimum Gasteiger partial charge on any atom is -0.342 e. The van der Waals surface area contributed by atoms with Crippen LogP contribution < -0.4 is 5.73 Å². The second-order valence-electron chi connectivity index (χ2n) is 5.36. The van der Waals surface area contributed by atoms with Crippen LogP contribution in [-0.4, -0.2) is 49.4 Å². The van der Waals surface area contributed by atoms with Gasteiger partial charge in [-0.3, -0.25) is 4.79 Å². The van der Waals surface area contributed by atoms with Crippen LogP contribution >= 0.6 is 0 Å². The van der Waals surface area contributed by atoms with Gasteiger partial charge in [-0.1, -0.05) is 12.8 Å². The molecule has 1 aliphatic heterocycles. The predicted octanol–water partition coefficient (Wildman–Crippen LogP) is 0.930. The normalized spacial score (nSPS) is 20.7. The summed E-state index contributed by atoms with van der Waals surface area (Å²) in [6.07, 6.45) is 4.58. The lowest BCUT2D eigenvalue weighted by molar-refractivity contribution is -0.130. The molecule has 1 amide bonds. The Labute approximate surface area is 116 Å². The van der Waals surface area contributed by atoms with E-state index in [0.717, 1.165) is 25.7 Å². The van der Waals surface area contributed by atoms with Gasteiger partial charge in [-0.15, -0.1) is 0 Å². The first-order chi connectivity index (χ1) is 8.91. The van der Waals surface area contributed by atoms with Gasteiger partial charge in [-0.25, -0.2) is 8.42 Å². The summed E-state index contributed by atoms with van der Waals surface area (Å²) in [5.74, 6) is -0.245. The van der Waals surface area contributed by atoms with Gasteiger partial charge in [0.2, 0.25) is 5.91 Å². The Morgan fingerprint density at radius 3 is 2.16 bits per heavy atom. The molecule has 0 aromatic carbocycles. The van der Waals surface area contributed by atoms with Crippen LogP contribution in [0.2, 0.25) is 0 Å². The van der Waals surface area contributed by atoms with Crippen LogP contribution in [0.15, 0.2) is 0 Å². The summed E-state index contributed by atoms with van der Waals surface area (Å²) in [6.45, 7) is 4.84. The maximum absolute atomic E-state index is 12.3. The van der Waals surface area contributed by atoms with Crippen LogP contribution in [0, 0.1) is 0 Å². The van der Waals surface area contributed by atoms with Crippen LogP contribution in [0.5, 0.6) is 0 Å². The number of hydrogen-bond donors (Lipinski definition) is 1. The highest BCUT2D eigenvalue weighted by Gasteiger charge is 2.35. The molecule has 112 valence electrons. The maximum atomic E-state index is 12.3. The highest BCUT2D eigenvalue weighted by molar-refractivity contribution is 7.93. The van der Waals surface area contributed by atoms with Crippen molar-refractivity contribution < 1.29 is 13.2 Å². The molecule has 1 heterocycles. The first-order valence-corrected chi connectivity index (χ1v) is 8.73. The number of carbonyl (C=O) groups is 1. The van der Waals surface area contributed by atoms with Gasteiger partial charge >= 0.3 is 0 Å². The lowest BCUT2D eigenvalue weighted by Gasteiger charge is -2.25. The fourth-order valence-corrected chi connectivity index (χ4v) is 4.03. The molecule has 1 aliphatic rings. The minimum atomic E-state index is -3.43.